The van der Waals surface area contributed by atoms with Gasteiger partial charge in [-0.15, -0.1) is 0 Å². The highest BCUT2D eigenvalue weighted by molar-refractivity contribution is 7.89. The average Bonchev–Trinajstić information content (AvgIpc) is 2.69. The van der Waals surface area contributed by atoms with Crippen LogP contribution in [-0.2, 0) is 24.3 Å². The molecule has 0 aliphatic carbocycles. The zero-order chi connectivity index (χ0) is 25.0. The van der Waals surface area contributed by atoms with E-state index in [9.17, 15) is 26.7 Å². The number of nitrogens with two attached hydrogens (primary N) is 2. The number of sulfonamides is 1. The molecule has 2 aromatic carbocycles. The van der Waals surface area contributed by atoms with Gasteiger partial charge >= 0.3 is 0 Å². The Morgan fingerprint density at radius 1 is 1.18 bits per heavy atom. The molecule has 14 heteroatoms. The van der Waals surface area contributed by atoms with Gasteiger partial charge in [0.15, 0.2) is 0 Å². The molecule has 182 valence electrons. The molecular formula is C19H24ClN3O8S2. The van der Waals surface area contributed by atoms with Crippen molar-refractivity contribution in [3.05, 3.63) is 52.5 Å². The summed E-state index contributed by atoms with van der Waals surface area (Å²) in [6.07, 6.45) is -0.222. The molecule has 0 saturated heterocycles. The molecule has 0 fully saturated rings. The number of nitrogens with one attached hydrogen (secondary N) is 1. The molecule has 2 rings (SSSR count). The molecule has 0 radical (unpaired) electrons. The van der Waals surface area contributed by atoms with Gasteiger partial charge in [0, 0.05) is 12.6 Å². The smallest absolute Gasteiger partial charge is 0.265 e. The maximum atomic E-state index is 11.7. The van der Waals surface area contributed by atoms with E-state index in [2.05, 4.69) is 5.32 Å². The minimum atomic E-state index is -4.14. The monoisotopic (exact) mass is 521 g/mol. The first kappa shape index (κ1) is 26.8. The summed E-state index contributed by atoms with van der Waals surface area (Å²) in [5, 5.41) is 17.7. The third-order valence-electron chi connectivity index (χ3n) is 4.31. The van der Waals surface area contributed by atoms with E-state index < -0.39 is 32.2 Å². The van der Waals surface area contributed by atoms with Crippen LogP contribution in [0.1, 0.15) is 28.9 Å². The maximum Gasteiger partial charge on any atom is 0.265 e. The van der Waals surface area contributed by atoms with E-state index in [1.54, 1.807) is 6.92 Å². The number of carbonyl (C=O) groups excluding carboxylic acids is 1. The van der Waals surface area contributed by atoms with E-state index in [1.165, 1.54) is 30.3 Å². The number of hydrogen-bond acceptors (Lipinski definition) is 9. The van der Waals surface area contributed by atoms with Gasteiger partial charge in [0.1, 0.15) is 29.1 Å². The molecule has 0 bridgehead atoms. The summed E-state index contributed by atoms with van der Waals surface area (Å²) in [5.74, 6) is -0.801. The Bertz CT molecular complexity index is 1240. The Hall–Kier alpha value is -2.42. The van der Waals surface area contributed by atoms with Gasteiger partial charge < -0.3 is 20.9 Å². The van der Waals surface area contributed by atoms with Crippen LogP contribution < -0.4 is 20.9 Å². The predicted molar refractivity (Wildman–Crippen MR) is 121 cm³/mol. The molecule has 2 aromatic rings. The van der Waals surface area contributed by atoms with Crippen LogP contribution in [0.15, 0.2) is 41.3 Å². The van der Waals surface area contributed by atoms with Crippen molar-refractivity contribution in [1.82, 2.24) is 5.32 Å². The zero-order valence-electron chi connectivity index (χ0n) is 17.7. The van der Waals surface area contributed by atoms with E-state index in [0.717, 1.165) is 12.3 Å². The fourth-order valence-electron chi connectivity index (χ4n) is 2.75. The lowest BCUT2D eigenvalue weighted by Crippen LogP contribution is -2.36. The zero-order valence-corrected chi connectivity index (χ0v) is 20.1. The molecule has 2 unspecified atom stereocenters. The third kappa shape index (κ3) is 8.14. The number of amides is 1. The van der Waals surface area contributed by atoms with Crippen LogP contribution in [0.2, 0.25) is 5.02 Å². The Morgan fingerprint density at radius 3 is 2.42 bits per heavy atom. The molecule has 33 heavy (non-hydrogen) atoms. The highest BCUT2D eigenvalue weighted by Crippen LogP contribution is 2.27. The molecule has 0 spiro atoms. The van der Waals surface area contributed by atoms with Crippen LogP contribution in [0.25, 0.3) is 0 Å². The summed E-state index contributed by atoms with van der Waals surface area (Å²) in [5.41, 5.74) is 5.32. The molecule has 0 saturated carbocycles. The molecule has 0 aromatic heterocycles. The van der Waals surface area contributed by atoms with Gasteiger partial charge in [-0.25, -0.2) is 13.6 Å². The van der Waals surface area contributed by atoms with Gasteiger partial charge in [-0.1, -0.05) is 17.7 Å². The topological polar surface area (TPSA) is 188 Å². The second kappa shape index (κ2) is 10.7. The third-order valence-corrected chi connectivity index (χ3v) is 6.28. The van der Waals surface area contributed by atoms with E-state index in [1.807, 2.05) is 0 Å². The molecule has 0 aliphatic rings. The van der Waals surface area contributed by atoms with Crippen LogP contribution in [0, 0.1) is 0 Å². The molecule has 0 aliphatic heterocycles. The normalized spacial score (nSPS) is 13.9. The minimum absolute atomic E-state index is 0.0363. The van der Waals surface area contributed by atoms with Crippen molar-refractivity contribution < 1.29 is 35.7 Å². The van der Waals surface area contributed by atoms with Gasteiger partial charge in [0.05, 0.1) is 16.8 Å². The number of rotatable bonds is 11. The molecule has 2 atom stereocenters. The van der Waals surface area contributed by atoms with Crippen LogP contribution in [0.4, 0.5) is 0 Å². The molecule has 6 N–H and O–H groups in total. The SMILES string of the molecule is CC(COc1ccc(O)c(C(N)=O)c1)NCC(OS(C)(=O)=O)c1ccc(Cl)c(S(N)(=O)=O)c1. The number of hydrogen-bond donors (Lipinski definition) is 4. The lowest BCUT2D eigenvalue weighted by molar-refractivity contribution is 0.0997. The minimum Gasteiger partial charge on any atom is -0.507 e. The summed E-state index contributed by atoms with van der Waals surface area (Å²) in [6.45, 7) is 1.80. The van der Waals surface area contributed by atoms with Crippen molar-refractivity contribution in [3.63, 3.8) is 0 Å². The first-order chi connectivity index (χ1) is 15.2. The summed E-state index contributed by atoms with van der Waals surface area (Å²) in [4.78, 5) is 11.0. The van der Waals surface area contributed by atoms with E-state index in [4.69, 9.17) is 31.4 Å². The Morgan fingerprint density at radius 2 is 1.85 bits per heavy atom. The second-order valence-corrected chi connectivity index (χ2v) is 10.7. The summed E-state index contributed by atoms with van der Waals surface area (Å²) in [7, 11) is -8.05. The molecule has 0 heterocycles. The maximum absolute atomic E-state index is 11.7. The number of carbonyl (C=O) groups is 1. The van der Waals surface area contributed by atoms with Crippen molar-refractivity contribution in [3.8, 4) is 11.5 Å². The van der Waals surface area contributed by atoms with Crippen molar-refractivity contribution in [2.24, 2.45) is 10.9 Å². The number of benzene rings is 2. The van der Waals surface area contributed by atoms with Crippen LogP contribution in [-0.4, -0.2) is 53.3 Å². The quantitative estimate of drug-likeness (QED) is 0.311. The summed E-state index contributed by atoms with van der Waals surface area (Å²) in [6, 6.07) is 7.53. The van der Waals surface area contributed by atoms with Crippen molar-refractivity contribution in [2.45, 2.75) is 24.0 Å². The van der Waals surface area contributed by atoms with E-state index in [0.29, 0.717) is 0 Å². The molecule has 1 amide bonds. The van der Waals surface area contributed by atoms with Crippen molar-refractivity contribution in [1.29, 1.82) is 0 Å². The lowest BCUT2D eigenvalue weighted by Gasteiger charge is -2.21. The van der Waals surface area contributed by atoms with Crippen LogP contribution in [0.3, 0.4) is 0 Å². The number of primary amides is 1. The lowest BCUT2D eigenvalue weighted by atomic mass is 10.1. The standard InChI is InChI=1S/C19H24ClN3O8S2/c1-11(10-30-13-4-6-16(24)14(8-13)19(21)25)23-9-17(31-32(2,26)27)12-3-5-15(20)18(7-12)33(22,28)29/h3-8,11,17,23-24H,9-10H2,1-2H3,(H2,21,25)(H2,22,28,29). The van der Waals surface area contributed by atoms with Crippen molar-refractivity contribution in [2.75, 3.05) is 19.4 Å². The summed E-state index contributed by atoms with van der Waals surface area (Å²) >= 11 is 5.89. The molecule has 11 nitrogen and oxygen atoms in total. The van der Waals surface area contributed by atoms with E-state index >= 15 is 0 Å². The first-order valence-corrected chi connectivity index (χ1v) is 13.1. The van der Waals surface area contributed by atoms with Crippen LogP contribution in [0.5, 0.6) is 11.5 Å². The molecular weight excluding hydrogens is 498 g/mol. The van der Waals surface area contributed by atoms with Gasteiger partial charge in [-0.3, -0.25) is 8.98 Å². The van der Waals surface area contributed by atoms with Gasteiger partial charge in [-0.05, 0) is 42.8 Å². The highest BCUT2D eigenvalue weighted by Gasteiger charge is 2.22. The van der Waals surface area contributed by atoms with E-state index in [-0.39, 0.29) is 51.7 Å². The largest absolute Gasteiger partial charge is 0.507 e. The fraction of sp³-hybridized carbons (Fsp3) is 0.316. The Balaban J connectivity index is 2.12. The van der Waals surface area contributed by atoms with Gasteiger partial charge in [-0.2, -0.15) is 8.42 Å². The van der Waals surface area contributed by atoms with Crippen LogP contribution >= 0.6 is 11.6 Å². The summed E-state index contributed by atoms with van der Waals surface area (Å²) < 4.78 is 57.6. The Kier molecular flexibility index (Phi) is 8.68. The highest BCUT2D eigenvalue weighted by atomic mass is 35.5. The number of primary sulfonamides is 1. The first-order valence-electron chi connectivity index (χ1n) is 9.37. The number of phenols is 1. The van der Waals surface area contributed by atoms with Gasteiger partial charge in [0.25, 0.3) is 16.0 Å². The average molecular weight is 522 g/mol. The second-order valence-electron chi connectivity index (χ2n) is 7.19. The fourth-order valence-corrected chi connectivity index (χ4v) is 4.43. The number of aromatic hydroxyl groups is 1. The number of ether oxygens (including phenoxy) is 1. The van der Waals surface area contributed by atoms with Gasteiger partial charge in [0.2, 0.25) is 10.0 Å². The number of halogens is 1. The van der Waals surface area contributed by atoms with Crippen molar-refractivity contribution >= 4 is 37.6 Å². The predicted octanol–water partition coefficient (Wildman–Crippen LogP) is 0.866. The Labute approximate surface area is 196 Å².